The highest BCUT2D eigenvalue weighted by Crippen LogP contribution is 2.10. The summed E-state index contributed by atoms with van der Waals surface area (Å²) < 4.78 is 0. The Balaban J connectivity index is 1.69. The highest BCUT2D eigenvalue weighted by molar-refractivity contribution is 5.92. The molecule has 1 aromatic carbocycles. The topological polar surface area (TPSA) is 45.2 Å². The highest BCUT2D eigenvalue weighted by atomic mass is 16.2. The zero-order valence-corrected chi connectivity index (χ0v) is 12.6. The van der Waals surface area contributed by atoms with Crippen molar-refractivity contribution in [1.82, 2.24) is 15.2 Å². The molecule has 1 atom stereocenters. The number of carbonyl (C=O) groups is 1. The first kappa shape index (κ1) is 14.7. The molecule has 3 rings (SSSR count). The van der Waals surface area contributed by atoms with E-state index in [1.807, 2.05) is 23.1 Å². The smallest absolute Gasteiger partial charge is 0.272 e. The van der Waals surface area contributed by atoms with Gasteiger partial charge in [0.15, 0.2) is 0 Å². The molecule has 1 unspecified atom stereocenters. The molecule has 0 spiro atoms. The third-order valence-electron chi connectivity index (χ3n) is 3.97. The van der Waals surface area contributed by atoms with Crippen molar-refractivity contribution >= 4 is 5.91 Å². The molecule has 1 saturated heterocycles. The van der Waals surface area contributed by atoms with Crippen molar-refractivity contribution in [3.63, 3.8) is 0 Å². The maximum absolute atomic E-state index is 12.6. The van der Waals surface area contributed by atoms with Crippen LogP contribution in [0.2, 0.25) is 0 Å². The van der Waals surface area contributed by atoms with Gasteiger partial charge < -0.3 is 10.2 Å². The van der Waals surface area contributed by atoms with E-state index in [1.54, 1.807) is 12.3 Å². The molecule has 114 valence electrons. The van der Waals surface area contributed by atoms with Gasteiger partial charge in [0.1, 0.15) is 5.69 Å². The van der Waals surface area contributed by atoms with Gasteiger partial charge in [-0.15, -0.1) is 0 Å². The molecule has 22 heavy (non-hydrogen) atoms. The van der Waals surface area contributed by atoms with Crippen molar-refractivity contribution in [3.05, 3.63) is 66.0 Å². The number of amides is 1. The Labute approximate surface area is 131 Å². The van der Waals surface area contributed by atoms with Gasteiger partial charge in [-0.05, 0) is 37.1 Å². The lowest BCUT2D eigenvalue weighted by atomic mass is 10.1. The number of benzene rings is 1. The molecule has 4 nitrogen and oxygen atoms in total. The number of carbonyl (C=O) groups excluding carboxylic acids is 1. The van der Waals surface area contributed by atoms with Crippen LogP contribution in [0, 0.1) is 0 Å². The van der Waals surface area contributed by atoms with Crippen molar-refractivity contribution < 1.29 is 4.79 Å². The fourth-order valence-corrected chi connectivity index (χ4v) is 2.87. The quantitative estimate of drug-likeness (QED) is 0.943. The van der Waals surface area contributed by atoms with Gasteiger partial charge in [-0.25, -0.2) is 0 Å². The number of nitrogens with one attached hydrogen (secondary N) is 1. The van der Waals surface area contributed by atoms with Gasteiger partial charge >= 0.3 is 0 Å². The number of pyridine rings is 1. The number of nitrogens with zero attached hydrogens (tertiary/aromatic N) is 2. The van der Waals surface area contributed by atoms with Crippen LogP contribution < -0.4 is 5.32 Å². The molecule has 2 aromatic rings. The van der Waals surface area contributed by atoms with Gasteiger partial charge in [0.2, 0.25) is 0 Å². The van der Waals surface area contributed by atoms with E-state index in [1.165, 1.54) is 5.56 Å². The molecule has 1 fully saturated rings. The lowest BCUT2D eigenvalue weighted by Crippen LogP contribution is -2.42. The van der Waals surface area contributed by atoms with Crippen LogP contribution in [0.25, 0.3) is 0 Å². The Morgan fingerprint density at radius 2 is 2.00 bits per heavy atom. The lowest BCUT2D eigenvalue weighted by molar-refractivity contribution is 0.0747. The van der Waals surface area contributed by atoms with E-state index in [0.717, 1.165) is 32.5 Å². The second kappa shape index (κ2) is 7.18. The Kier molecular flexibility index (Phi) is 4.81. The van der Waals surface area contributed by atoms with Gasteiger partial charge in [-0.1, -0.05) is 36.4 Å². The van der Waals surface area contributed by atoms with E-state index < -0.39 is 0 Å². The zero-order valence-electron chi connectivity index (χ0n) is 12.6. The molecule has 1 N–H and O–H groups in total. The molecular formula is C18H21N3O. The lowest BCUT2D eigenvalue weighted by Gasteiger charge is -2.24. The van der Waals surface area contributed by atoms with Crippen molar-refractivity contribution in [3.8, 4) is 0 Å². The third kappa shape index (κ3) is 3.71. The van der Waals surface area contributed by atoms with Crippen LogP contribution in [0.3, 0.4) is 0 Å². The monoisotopic (exact) mass is 295 g/mol. The van der Waals surface area contributed by atoms with Crippen LogP contribution >= 0.6 is 0 Å². The minimum absolute atomic E-state index is 0.0300. The maximum Gasteiger partial charge on any atom is 0.272 e. The number of hydrogen-bond acceptors (Lipinski definition) is 3. The van der Waals surface area contributed by atoms with Gasteiger partial charge in [0.25, 0.3) is 5.91 Å². The van der Waals surface area contributed by atoms with Crippen molar-refractivity contribution in [2.45, 2.75) is 18.9 Å². The summed E-state index contributed by atoms with van der Waals surface area (Å²) >= 11 is 0. The Hall–Kier alpha value is -2.20. The SMILES string of the molecule is O=C(c1ccccn1)N1CCCNC(Cc2ccccc2)C1. The first-order valence-corrected chi connectivity index (χ1v) is 7.80. The largest absolute Gasteiger partial charge is 0.336 e. The van der Waals surface area contributed by atoms with E-state index in [2.05, 4.69) is 34.6 Å². The summed E-state index contributed by atoms with van der Waals surface area (Å²) in [4.78, 5) is 18.7. The van der Waals surface area contributed by atoms with Crippen molar-refractivity contribution in [1.29, 1.82) is 0 Å². The van der Waals surface area contributed by atoms with E-state index >= 15 is 0 Å². The fraction of sp³-hybridized carbons (Fsp3) is 0.333. The Morgan fingerprint density at radius 3 is 2.77 bits per heavy atom. The summed E-state index contributed by atoms with van der Waals surface area (Å²) in [6.07, 6.45) is 3.58. The average Bonchev–Trinajstić information content (AvgIpc) is 2.81. The molecule has 2 heterocycles. The Bertz CT molecular complexity index is 600. The van der Waals surface area contributed by atoms with Gasteiger partial charge in [0, 0.05) is 25.3 Å². The van der Waals surface area contributed by atoms with Gasteiger partial charge in [-0.3, -0.25) is 9.78 Å². The van der Waals surface area contributed by atoms with E-state index in [4.69, 9.17) is 0 Å². The molecule has 4 heteroatoms. The normalized spacial score (nSPS) is 18.7. The Morgan fingerprint density at radius 1 is 1.18 bits per heavy atom. The van der Waals surface area contributed by atoms with Crippen LogP contribution in [0.5, 0.6) is 0 Å². The average molecular weight is 295 g/mol. The van der Waals surface area contributed by atoms with Crippen LogP contribution in [-0.4, -0.2) is 41.5 Å². The molecular weight excluding hydrogens is 274 g/mol. The molecule has 0 aliphatic carbocycles. The molecule has 1 aliphatic heterocycles. The van der Waals surface area contributed by atoms with Crippen LogP contribution in [0.15, 0.2) is 54.7 Å². The standard InChI is InChI=1S/C18H21N3O/c22-18(17-9-4-5-10-20-17)21-12-6-11-19-16(14-21)13-15-7-2-1-3-8-15/h1-5,7-10,16,19H,6,11-14H2. The van der Waals surface area contributed by atoms with E-state index in [0.29, 0.717) is 5.69 Å². The van der Waals surface area contributed by atoms with Crippen molar-refractivity contribution in [2.75, 3.05) is 19.6 Å². The number of aromatic nitrogens is 1. The van der Waals surface area contributed by atoms with E-state index in [9.17, 15) is 4.79 Å². The first-order valence-electron chi connectivity index (χ1n) is 7.80. The van der Waals surface area contributed by atoms with Gasteiger partial charge in [-0.2, -0.15) is 0 Å². The van der Waals surface area contributed by atoms with Crippen LogP contribution in [0.4, 0.5) is 0 Å². The minimum atomic E-state index is 0.0300. The molecule has 0 bridgehead atoms. The third-order valence-corrected chi connectivity index (χ3v) is 3.97. The zero-order chi connectivity index (χ0) is 15.2. The van der Waals surface area contributed by atoms with Crippen LogP contribution in [0.1, 0.15) is 22.5 Å². The summed E-state index contributed by atoms with van der Waals surface area (Å²) in [6.45, 7) is 2.46. The summed E-state index contributed by atoms with van der Waals surface area (Å²) in [5.74, 6) is 0.0300. The predicted molar refractivity (Wildman–Crippen MR) is 86.7 cm³/mol. The summed E-state index contributed by atoms with van der Waals surface area (Å²) in [5.41, 5.74) is 1.83. The maximum atomic E-state index is 12.6. The minimum Gasteiger partial charge on any atom is -0.336 e. The van der Waals surface area contributed by atoms with Crippen LogP contribution in [-0.2, 0) is 6.42 Å². The summed E-state index contributed by atoms with van der Waals surface area (Å²) in [5, 5.41) is 3.55. The molecule has 1 aliphatic rings. The molecule has 0 radical (unpaired) electrons. The molecule has 1 aromatic heterocycles. The molecule has 1 amide bonds. The second-order valence-corrected chi connectivity index (χ2v) is 5.66. The first-order chi connectivity index (χ1) is 10.8. The number of hydrogen-bond donors (Lipinski definition) is 1. The summed E-state index contributed by atoms with van der Waals surface area (Å²) in [6, 6.07) is 16.2. The molecule has 0 saturated carbocycles. The van der Waals surface area contributed by atoms with E-state index in [-0.39, 0.29) is 11.9 Å². The van der Waals surface area contributed by atoms with Crippen molar-refractivity contribution in [2.24, 2.45) is 0 Å². The highest BCUT2D eigenvalue weighted by Gasteiger charge is 2.23. The second-order valence-electron chi connectivity index (χ2n) is 5.66. The predicted octanol–water partition coefficient (Wildman–Crippen LogP) is 2.13. The fourth-order valence-electron chi connectivity index (χ4n) is 2.87. The summed E-state index contributed by atoms with van der Waals surface area (Å²) in [7, 11) is 0. The van der Waals surface area contributed by atoms with Gasteiger partial charge in [0.05, 0.1) is 0 Å². The number of rotatable bonds is 3.